The molecule has 1 fully saturated rings. The predicted molar refractivity (Wildman–Crippen MR) is 71.5 cm³/mol. The van der Waals surface area contributed by atoms with Crippen molar-refractivity contribution in [1.29, 1.82) is 0 Å². The van der Waals surface area contributed by atoms with Crippen LogP contribution >= 0.6 is 0 Å². The molecule has 1 saturated carbocycles. The summed E-state index contributed by atoms with van der Waals surface area (Å²) < 4.78 is 5.80. The van der Waals surface area contributed by atoms with Gasteiger partial charge in [-0.25, -0.2) is 0 Å². The van der Waals surface area contributed by atoms with Gasteiger partial charge in [-0.05, 0) is 56.3 Å². The van der Waals surface area contributed by atoms with E-state index in [1.807, 2.05) is 12.1 Å². The van der Waals surface area contributed by atoms with E-state index in [9.17, 15) is 0 Å². The molecular weight excluding hydrogens is 210 g/mol. The highest BCUT2D eigenvalue weighted by molar-refractivity contribution is 5.27. The Morgan fingerprint density at radius 1 is 1.41 bits per heavy atom. The van der Waals surface area contributed by atoms with Crippen molar-refractivity contribution in [2.24, 2.45) is 5.92 Å². The van der Waals surface area contributed by atoms with Crippen LogP contribution in [0.25, 0.3) is 0 Å². The highest BCUT2D eigenvalue weighted by Gasteiger charge is 2.30. The fourth-order valence-corrected chi connectivity index (χ4v) is 2.27. The first-order valence-electron chi connectivity index (χ1n) is 6.72. The third kappa shape index (κ3) is 4.04. The normalized spacial score (nSPS) is 16.8. The zero-order valence-electron chi connectivity index (χ0n) is 10.9. The van der Waals surface area contributed by atoms with Gasteiger partial charge < -0.3 is 10.1 Å². The lowest BCUT2D eigenvalue weighted by Gasteiger charge is -2.17. The number of ether oxygens (including phenoxy) is 1. The highest BCUT2D eigenvalue weighted by Crippen LogP contribution is 2.34. The molecule has 0 saturated heterocycles. The topological polar surface area (TPSA) is 21.3 Å². The minimum absolute atomic E-state index is 0.657. The maximum Gasteiger partial charge on any atom is 0.119 e. The van der Waals surface area contributed by atoms with Gasteiger partial charge in [0.1, 0.15) is 5.75 Å². The predicted octanol–water partition coefficient (Wildman–Crippen LogP) is 3.15. The summed E-state index contributed by atoms with van der Waals surface area (Å²) in [5.41, 5.74) is 1.26. The molecule has 1 atom stereocenters. The first kappa shape index (κ1) is 12.4. The van der Waals surface area contributed by atoms with Crippen LogP contribution in [0.2, 0.25) is 0 Å². The van der Waals surface area contributed by atoms with Crippen LogP contribution in [0.3, 0.4) is 0 Å². The minimum Gasteiger partial charge on any atom is -0.494 e. The molecule has 2 rings (SSSR count). The molecular formula is C15H23NO. The van der Waals surface area contributed by atoms with Gasteiger partial charge in [0.2, 0.25) is 0 Å². The molecule has 2 nitrogen and oxygen atoms in total. The third-order valence-corrected chi connectivity index (χ3v) is 3.34. The van der Waals surface area contributed by atoms with E-state index < -0.39 is 0 Å². The Hall–Kier alpha value is -1.02. The van der Waals surface area contributed by atoms with Gasteiger partial charge >= 0.3 is 0 Å². The number of hydrogen-bond acceptors (Lipinski definition) is 2. The summed E-state index contributed by atoms with van der Waals surface area (Å²) in [5, 5.41) is 3.56. The number of aryl methyl sites for hydroxylation is 1. The molecule has 0 aromatic heterocycles. The van der Waals surface area contributed by atoms with E-state index in [4.69, 9.17) is 4.74 Å². The van der Waals surface area contributed by atoms with Crippen LogP contribution < -0.4 is 10.1 Å². The molecule has 17 heavy (non-hydrogen) atoms. The maximum absolute atomic E-state index is 5.80. The van der Waals surface area contributed by atoms with Crippen LogP contribution in [0.15, 0.2) is 24.3 Å². The van der Waals surface area contributed by atoms with Gasteiger partial charge in [0.05, 0.1) is 6.61 Å². The molecule has 1 unspecified atom stereocenters. The van der Waals surface area contributed by atoms with E-state index >= 15 is 0 Å². The van der Waals surface area contributed by atoms with Gasteiger partial charge in [0, 0.05) is 6.04 Å². The van der Waals surface area contributed by atoms with Crippen LogP contribution in [-0.2, 0) is 0 Å². The quantitative estimate of drug-likeness (QED) is 0.781. The number of benzene rings is 1. The Kier molecular flexibility index (Phi) is 4.43. The number of nitrogens with one attached hydrogen (secondary N) is 1. The molecule has 0 radical (unpaired) electrons. The van der Waals surface area contributed by atoms with Crippen molar-refractivity contribution >= 4 is 0 Å². The highest BCUT2D eigenvalue weighted by atomic mass is 16.5. The second kappa shape index (κ2) is 6.06. The molecule has 0 spiro atoms. The van der Waals surface area contributed by atoms with E-state index in [1.54, 1.807) is 0 Å². The molecule has 1 N–H and O–H groups in total. The molecule has 1 aromatic carbocycles. The van der Waals surface area contributed by atoms with Crippen molar-refractivity contribution in [1.82, 2.24) is 5.32 Å². The van der Waals surface area contributed by atoms with Crippen molar-refractivity contribution in [3.05, 3.63) is 29.8 Å². The van der Waals surface area contributed by atoms with Crippen LogP contribution in [-0.4, -0.2) is 19.2 Å². The van der Waals surface area contributed by atoms with E-state index in [0.29, 0.717) is 6.04 Å². The lowest BCUT2D eigenvalue weighted by molar-refractivity contribution is 0.277. The first-order valence-corrected chi connectivity index (χ1v) is 6.72. The molecule has 1 aliphatic rings. The Morgan fingerprint density at radius 2 is 2.24 bits per heavy atom. The van der Waals surface area contributed by atoms with Crippen LogP contribution in [0, 0.1) is 12.8 Å². The average molecular weight is 233 g/mol. The summed E-state index contributed by atoms with van der Waals surface area (Å²) in [7, 11) is 0. The Morgan fingerprint density at radius 3 is 2.88 bits per heavy atom. The summed E-state index contributed by atoms with van der Waals surface area (Å²) in [6.07, 6.45) is 3.90. The lowest BCUT2D eigenvalue weighted by Crippen LogP contribution is -2.32. The molecule has 94 valence electrons. The van der Waals surface area contributed by atoms with Crippen molar-refractivity contribution < 1.29 is 4.74 Å². The van der Waals surface area contributed by atoms with Crippen LogP contribution in [0.5, 0.6) is 5.75 Å². The summed E-state index contributed by atoms with van der Waals surface area (Å²) in [5.74, 6) is 1.90. The number of rotatable bonds is 7. The third-order valence-electron chi connectivity index (χ3n) is 3.34. The van der Waals surface area contributed by atoms with Gasteiger partial charge in [0.25, 0.3) is 0 Å². The minimum atomic E-state index is 0.657. The number of hydrogen-bond donors (Lipinski definition) is 1. The molecule has 2 heteroatoms. The Labute approximate surface area is 104 Å². The standard InChI is InChI=1S/C15H23NO/c1-3-16-15(13-7-8-13)9-10-17-14-6-4-5-12(2)11-14/h4-6,11,13,15-16H,3,7-10H2,1-2H3. The first-order chi connectivity index (χ1) is 8.29. The van der Waals surface area contributed by atoms with E-state index in [0.717, 1.165) is 31.2 Å². The van der Waals surface area contributed by atoms with Crippen LogP contribution in [0.1, 0.15) is 31.7 Å². The molecule has 0 bridgehead atoms. The van der Waals surface area contributed by atoms with Crippen LogP contribution in [0.4, 0.5) is 0 Å². The largest absolute Gasteiger partial charge is 0.494 e. The zero-order chi connectivity index (χ0) is 12.1. The van der Waals surface area contributed by atoms with Crippen molar-refractivity contribution in [3.63, 3.8) is 0 Å². The summed E-state index contributed by atoms with van der Waals surface area (Å²) >= 11 is 0. The lowest BCUT2D eigenvalue weighted by atomic mass is 10.1. The van der Waals surface area contributed by atoms with Gasteiger partial charge in [-0.1, -0.05) is 19.1 Å². The maximum atomic E-state index is 5.80. The van der Waals surface area contributed by atoms with E-state index in [-0.39, 0.29) is 0 Å². The summed E-state index contributed by atoms with van der Waals surface area (Å²) in [6, 6.07) is 8.93. The summed E-state index contributed by atoms with van der Waals surface area (Å²) in [4.78, 5) is 0. The van der Waals surface area contributed by atoms with E-state index in [1.165, 1.54) is 18.4 Å². The van der Waals surface area contributed by atoms with Gasteiger partial charge in [0.15, 0.2) is 0 Å². The Balaban J connectivity index is 1.74. The van der Waals surface area contributed by atoms with Gasteiger partial charge in [-0.2, -0.15) is 0 Å². The van der Waals surface area contributed by atoms with Crippen molar-refractivity contribution in [3.8, 4) is 5.75 Å². The van der Waals surface area contributed by atoms with Gasteiger partial charge in [-0.3, -0.25) is 0 Å². The molecule has 1 aliphatic carbocycles. The Bertz CT molecular complexity index is 347. The fourth-order valence-electron chi connectivity index (χ4n) is 2.27. The summed E-state index contributed by atoms with van der Waals surface area (Å²) in [6.45, 7) is 6.15. The van der Waals surface area contributed by atoms with Crippen molar-refractivity contribution in [2.45, 2.75) is 39.2 Å². The molecule has 0 amide bonds. The van der Waals surface area contributed by atoms with E-state index in [2.05, 4.69) is 31.3 Å². The molecule has 1 aromatic rings. The smallest absolute Gasteiger partial charge is 0.119 e. The average Bonchev–Trinajstić information content (AvgIpc) is 3.12. The monoisotopic (exact) mass is 233 g/mol. The fraction of sp³-hybridized carbons (Fsp3) is 0.600. The second-order valence-electron chi connectivity index (χ2n) is 4.96. The SMILES string of the molecule is CCNC(CCOc1cccc(C)c1)C1CC1. The second-order valence-corrected chi connectivity index (χ2v) is 4.96. The van der Waals surface area contributed by atoms with Crippen molar-refractivity contribution in [2.75, 3.05) is 13.2 Å². The molecule has 0 heterocycles. The van der Waals surface area contributed by atoms with Gasteiger partial charge in [-0.15, -0.1) is 0 Å². The zero-order valence-corrected chi connectivity index (χ0v) is 10.9. The molecule has 0 aliphatic heterocycles.